The van der Waals surface area contributed by atoms with Crippen molar-refractivity contribution in [2.45, 2.75) is 19.5 Å². The molecule has 2 aliphatic heterocycles. The van der Waals surface area contributed by atoms with E-state index in [2.05, 4.69) is 15.3 Å². The molecule has 0 aliphatic carbocycles. The molecule has 0 bridgehead atoms. The van der Waals surface area contributed by atoms with Gasteiger partial charge in [-0.2, -0.15) is 5.10 Å². The number of piperazine rings is 1. The summed E-state index contributed by atoms with van der Waals surface area (Å²) in [5.41, 5.74) is 3.43. The predicted molar refractivity (Wildman–Crippen MR) is 166 cm³/mol. The van der Waals surface area contributed by atoms with E-state index in [0.717, 1.165) is 16.8 Å². The van der Waals surface area contributed by atoms with Gasteiger partial charge in [-0.25, -0.2) is 14.1 Å². The van der Waals surface area contributed by atoms with Crippen LogP contribution in [0.4, 0.5) is 15.9 Å². The summed E-state index contributed by atoms with van der Waals surface area (Å²) in [6.07, 6.45) is 0. The Kier molecular flexibility index (Phi) is 8.19. The average molecular weight is 620 g/mol. The Labute approximate surface area is 258 Å². The number of nitrogens with one attached hydrogen (secondary N) is 1. The molecule has 1 fully saturated rings. The molecule has 3 heterocycles. The first-order chi connectivity index (χ1) is 20.8. The number of fused-ring (bicyclic) bond motifs is 1. The standard InChI is InChI=1S/C32H29Cl2FN6O2/c1-20-29(32(43)40-15-13-39(14-16-40)24-10-8-23(35)9-11-24)30(22-7-12-25(33)26(34)17-22)41-28(37-20)18-27(38-41)31(42)36-19-21-5-3-2-4-6-21/h2-12,17-18,29-30H,13-16,19H2,1H3,(H,36,42). The minimum Gasteiger partial charge on any atom is -0.368 e. The summed E-state index contributed by atoms with van der Waals surface area (Å²) in [5, 5.41) is 8.32. The number of halogens is 3. The van der Waals surface area contributed by atoms with Crippen molar-refractivity contribution in [2.75, 3.05) is 31.1 Å². The van der Waals surface area contributed by atoms with Gasteiger partial charge >= 0.3 is 0 Å². The van der Waals surface area contributed by atoms with Crippen LogP contribution in [0.3, 0.4) is 0 Å². The van der Waals surface area contributed by atoms with Gasteiger partial charge in [0.2, 0.25) is 5.91 Å². The van der Waals surface area contributed by atoms with Crippen LogP contribution in [-0.4, -0.2) is 58.4 Å². The average Bonchev–Trinajstić information content (AvgIpc) is 3.45. The van der Waals surface area contributed by atoms with E-state index < -0.39 is 12.0 Å². The summed E-state index contributed by atoms with van der Waals surface area (Å²) in [4.78, 5) is 36.0. The number of aliphatic imine (C=N–C) groups is 1. The van der Waals surface area contributed by atoms with Crippen LogP contribution in [0.15, 0.2) is 83.9 Å². The molecule has 220 valence electrons. The smallest absolute Gasteiger partial charge is 0.272 e. The Morgan fingerprint density at radius 3 is 2.35 bits per heavy atom. The molecule has 0 radical (unpaired) electrons. The molecule has 2 atom stereocenters. The number of carbonyl (C=O) groups is 2. The number of anilines is 1. The molecule has 1 N–H and O–H groups in total. The topological polar surface area (TPSA) is 82.8 Å². The van der Waals surface area contributed by atoms with Crippen LogP contribution >= 0.6 is 23.2 Å². The Hall–Kier alpha value is -4.21. The van der Waals surface area contributed by atoms with Crippen molar-refractivity contribution in [3.8, 4) is 0 Å². The van der Waals surface area contributed by atoms with Gasteiger partial charge in [0.05, 0.1) is 16.1 Å². The van der Waals surface area contributed by atoms with E-state index in [4.69, 9.17) is 28.2 Å². The van der Waals surface area contributed by atoms with Crippen molar-refractivity contribution in [1.29, 1.82) is 0 Å². The second-order valence-electron chi connectivity index (χ2n) is 10.6. The van der Waals surface area contributed by atoms with Gasteiger partial charge in [0.25, 0.3) is 5.91 Å². The monoisotopic (exact) mass is 618 g/mol. The van der Waals surface area contributed by atoms with Gasteiger partial charge in [0.1, 0.15) is 11.7 Å². The predicted octanol–water partition coefficient (Wildman–Crippen LogP) is 5.92. The van der Waals surface area contributed by atoms with E-state index in [1.54, 1.807) is 35.0 Å². The van der Waals surface area contributed by atoms with E-state index >= 15 is 0 Å². The van der Waals surface area contributed by atoms with Crippen LogP contribution < -0.4 is 10.2 Å². The highest BCUT2D eigenvalue weighted by atomic mass is 35.5. The summed E-state index contributed by atoms with van der Waals surface area (Å²) < 4.78 is 15.1. The zero-order valence-electron chi connectivity index (χ0n) is 23.4. The summed E-state index contributed by atoms with van der Waals surface area (Å²) in [6, 6.07) is 22.3. The molecule has 0 spiro atoms. The first-order valence-corrected chi connectivity index (χ1v) is 14.7. The lowest BCUT2D eigenvalue weighted by Gasteiger charge is -2.40. The maximum absolute atomic E-state index is 14.2. The van der Waals surface area contributed by atoms with Gasteiger partial charge in [0, 0.05) is 50.2 Å². The first-order valence-electron chi connectivity index (χ1n) is 14.0. The highest BCUT2D eigenvalue weighted by Gasteiger charge is 2.41. The Morgan fingerprint density at radius 1 is 0.930 bits per heavy atom. The Bertz CT molecular complexity index is 1680. The zero-order chi connectivity index (χ0) is 30.1. The minimum absolute atomic E-state index is 0.0905. The van der Waals surface area contributed by atoms with Crippen molar-refractivity contribution in [1.82, 2.24) is 20.0 Å². The first kappa shape index (κ1) is 28.9. The quantitative estimate of drug-likeness (QED) is 0.291. The normalized spacial score (nSPS) is 18.2. The molecule has 6 rings (SSSR count). The number of amides is 2. The van der Waals surface area contributed by atoms with Gasteiger partial charge in [-0.05, 0) is 54.4 Å². The molecular formula is C32H29Cl2FN6O2. The fraction of sp³-hybridized carbons (Fsp3) is 0.250. The van der Waals surface area contributed by atoms with Crippen LogP contribution in [0.25, 0.3) is 0 Å². The second-order valence-corrected chi connectivity index (χ2v) is 11.5. The van der Waals surface area contributed by atoms with Crippen molar-refractivity contribution < 1.29 is 14.0 Å². The number of rotatable bonds is 6. The third-order valence-corrected chi connectivity index (χ3v) is 8.64. The molecule has 4 aromatic rings. The van der Waals surface area contributed by atoms with Crippen LogP contribution in [0.5, 0.6) is 0 Å². The fourth-order valence-electron chi connectivity index (χ4n) is 5.65. The molecule has 1 aromatic heterocycles. The van der Waals surface area contributed by atoms with Crippen LogP contribution in [0.2, 0.25) is 10.0 Å². The molecule has 11 heteroatoms. The molecular weight excluding hydrogens is 590 g/mol. The third kappa shape index (κ3) is 6.00. The zero-order valence-corrected chi connectivity index (χ0v) is 24.9. The number of hydrogen-bond donors (Lipinski definition) is 1. The summed E-state index contributed by atoms with van der Waals surface area (Å²) in [5.74, 6) is -0.919. The van der Waals surface area contributed by atoms with Gasteiger partial charge in [-0.1, -0.05) is 59.6 Å². The SMILES string of the molecule is CC1=Nc2cc(C(=O)NCc3ccccc3)nn2C(c2ccc(Cl)c(Cl)c2)C1C(=O)N1CCN(c2ccc(F)cc2)CC1. The summed E-state index contributed by atoms with van der Waals surface area (Å²) in [6.45, 7) is 4.38. The Balaban J connectivity index is 1.27. The van der Waals surface area contributed by atoms with Crippen molar-refractivity contribution in [3.63, 3.8) is 0 Å². The second kappa shape index (κ2) is 12.2. The van der Waals surface area contributed by atoms with E-state index in [1.165, 1.54) is 12.1 Å². The lowest BCUT2D eigenvalue weighted by Crippen LogP contribution is -2.53. The van der Waals surface area contributed by atoms with E-state index in [1.807, 2.05) is 48.2 Å². The van der Waals surface area contributed by atoms with Crippen LogP contribution in [0, 0.1) is 11.7 Å². The number of benzene rings is 3. The lowest BCUT2D eigenvalue weighted by atomic mass is 9.87. The van der Waals surface area contributed by atoms with Crippen LogP contribution in [-0.2, 0) is 11.3 Å². The Morgan fingerprint density at radius 2 is 1.65 bits per heavy atom. The maximum Gasteiger partial charge on any atom is 0.272 e. The van der Waals surface area contributed by atoms with Crippen molar-refractivity contribution >= 4 is 52.2 Å². The lowest BCUT2D eigenvalue weighted by molar-refractivity contribution is -0.134. The van der Waals surface area contributed by atoms with Crippen molar-refractivity contribution in [2.24, 2.45) is 10.9 Å². The largest absolute Gasteiger partial charge is 0.368 e. The number of aromatic nitrogens is 2. The minimum atomic E-state index is -0.678. The number of carbonyl (C=O) groups excluding carboxylic acids is 2. The molecule has 2 aliphatic rings. The maximum atomic E-state index is 14.2. The third-order valence-electron chi connectivity index (χ3n) is 7.90. The summed E-state index contributed by atoms with van der Waals surface area (Å²) >= 11 is 12.7. The highest BCUT2D eigenvalue weighted by molar-refractivity contribution is 6.42. The molecule has 3 aromatic carbocycles. The van der Waals surface area contributed by atoms with Gasteiger partial charge in [-0.15, -0.1) is 0 Å². The van der Waals surface area contributed by atoms with E-state index in [0.29, 0.717) is 54.3 Å². The van der Waals surface area contributed by atoms with Gasteiger partial charge in [0.15, 0.2) is 11.5 Å². The molecule has 1 saturated heterocycles. The summed E-state index contributed by atoms with van der Waals surface area (Å²) in [7, 11) is 0. The van der Waals surface area contributed by atoms with Gasteiger partial charge in [-0.3, -0.25) is 9.59 Å². The number of hydrogen-bond acceptors (Lipinski definition) is 5. The highest BCUT2D eigenvalue weighted by Crippen LogP contribution is 2.39. The molecule has 2 unspecified atom stereocenters. The van der Waals surface area contributed by atoms with Crippen LogP contribution in [0.1, 0.15) is 34.6 Å². The van der Waals surface area contributed by atoms with E-state index in [9.17, 15) is 14.0 Å². The van der Waals surface area contributed by atoms with Crippen molar-refractivity contribution in [3.05, 3.63) is 112 Å². The number of nitrogens with zero attached hydrogens (tertiary/aromatic N) is 5. The molecule has 2 amide bonds. The van der Waals surface area contributed by atoms with E-state index in [-0.39, 0.29) is 23.3 Å². The molecule has 8 nitrogen and oxygen atoms in total. The van der Waals surface area contributed by atoms with Gasteiger partial charge < -0.3 is 15.1 Å². The molecule has 43 heavy (non-hydrogen) atoms. The fourth-order valence-corrected chi connectivity index (χ4v) is 5.96. The molecule has 0 saturated carbocycles.